The Balaban J connectivity index is 2.33. The van der Waals surface area contributed by atoms with E-state index in [0.29, 0.717) is 12.6 Å². The molecule has 0 fully saturated rings. The normalized spacial score (nSPS) is 13.5. The van der Waals surface area contributed by atoms with Crippen molar-refractivity contribution in [1.82, 2.24) is 14.3 Å². The molecule has 12 heteroatoms. The molecule has 2 N–H and O–H groups in total. The lowest BCUT2D eigenvalue weighted by Crippen LogP contribution is -2.42. The largest absolute Gasteiger partial charge is 0.404 e. The second kappa shape index (κ2) is 7.25. The van der Waals surface area contributed by atoms with Gasteiger partial charge in [-0.25, -0.2) is 8.42 Å². The maximum atomic E-state index is 12.6. The van der Waals surface area contributed by atoms with Gasteiger partial charge in [0.1, 0.15) is 16.6 Å². The predicted octanol–water partition coefficient (Wildman–Crippen LogP) is 2.55. The summed E-state index contributed by atoms with van der Waals surface area (Å²) in [6.07, 6.45) is -0.938. The van der Waals surface area contributed by atoms with Crippen molar-refractivity contribution in [2.75, 3.05) is 5.32 Å². The molecule has 7 nitrogen and oxygen atoms in total. The van der Waals surface area contributed by atoms with Crippen molar-refractivity contribution in [2.24, 2.45) is 7.05 Å². The maximum Gasteiger partial charge on any atom is 0.404 e. The van der Waals surface area contributed by atoms with Crippen molar-refractivity contribution in [2.45, 2.75) is 24.0 Å². The van der Waals surface area contributed by atoms with E-state index in [9.17, 15) is 26.4 Å². The van der Waals surface area contributed by atoms with Crippen LogP contribution in [-0.2, 0) is 17.1 Å². The van der Waals surface area contributed by atoms with Gasteiger partial charge in [-0.05, 0) is 19.1 Å². The summed E-state index contributed by atoms with van der Waals surface area (Å²) < 4.78 is 64.9. The molecule has 2 aromatic heterocycles. The Hall–Kier alpha value is -2.11. The van der Waals surface area contributed by atoms with Crippen molar-refractivity contribution in [3.8, 4) is 0 Å². The Kier molecular flexibility index (Phi) is 5.64. The number of aromatic nitrogens is 2. The van der Waals surface area contributed by atoms with E-state index in [4.69, 9.17) is 11.6 Å². The molecule has 0 radical (unpaired) electrons. The van der Waals surface area contributed by atoms with Crippen LogP contribution >= 0.6 is 11.6 Å². The molecule has 0 saturated carbocycles. The first kappa shape index (κ1) is 20.2. The Bertz CT molecular complexity index is 914. The van der Waals surface area contributed by atoms with E-state index in [-0.39, 0.29) is 5.69 Å². The Morgan fingerprint density at radius 3 is 2.42 bits per heavy atom. The molecular weight excluding hydrogens is 397 g/mol. The fourth-order valence-electron chi connectivity index (χ4n) is 2.00. The molecule has 0 spiro atoms. The fourth-order valence-corrected chi connectivity index (χ4v) is 3.93. The predicted molar refractivity (Wildman–Crippen MR) is 88.5 cm³/mol. The number of hydrogen-bond acceptors (Lipinski definition) is 4. The number of sulfonamides is 1. The van der Waals surface area contributed by atoms with Crippen LogP contribution in [-0.4, -0.2) is 36.1 Å². The second-order valence-electron chi connectivity index (χ2n) is 5.34. The summed E-state index contributed by atoms with van der Waals surface area (Å²) in [4.78, 5) is 15.5. The molecule has 0 aliphatic heterocycles. The number of halogens is 4. The van der Waals surface area contributed by atoms with E-state index in [1.807, 2.05) is 0 Å². The number of carbonyl (C=O) groups is 1. The molecule has 2 heterocycles. The van der Waals surface area contributed by atoms with Gasteiger partial charge in [0.05, 0.1) is 5.02 Å². The van der Waals surface area contributed by atoms with Gasteiger partial charge in [-0.2, -0.15) is 17.9 Å². The number of anilines is 1. The minimum absolute atomic E-state index is 0.219. The van der Waals surface area contributed by atoms with Crippen LogP contribution in [0, 0.1) is 0 Å². The molecule has 0 unspecified atom stereocenters. The lowest BCUT2D eigenvalue weighted by atomic mass is 10.3. The number of rotatable bonds is 5. The molecule has 0 aliphatic carbocycles. The highest BCUT2D eigenvalue weighted by Crippen LogP contribution is 2.29. The molecule has 0 aliphatic rings. The SMILES string of the molecule is C[C@@H](NS(=O)(=O)c1cn(C)c(C(=O)Nc2ccncc2)c1Cl)C(F)(F)F. The zero-order valence-electron chi connectivity index (χ0n) is 13.5. The zero-order valence-corrected chi connectivity index (χ0v) is 15.1. The van der Waals surface area contributed by atoms with Gasteiger partial charge in [0.2, 0.25) is 10.0 Å². The molecule has 142 valence electrons. The average molecular weight is 411 g/mol. The van der Waals surface area contributed by atoms with Crippen LogP contribution in [0.3, 0.4) is 0 Å². The summed E-state index contributed by atoms with van der Waals surface area (Å²) in [5.74, 6) is -0.728. The summed E-state index contributed by atoms with van der Waals surface area (Å²) in [7, 11) is -3.25. The monoisotopic (exact) mass is 410 g/mol. The Morgan fingerprint density at radius 2 is 1.88 bits per heavy atom. The van der Waals surface area contributed by atoms with Crippen molar-refractivity contribution in [3.63, 3.8) is 0 Å². The standard InChI is InChI=1S/C14H14ClF3N4O3S/c1-8(14(16,17)18)21-26(24,25)10-7-22(2)12(11(10)15)13(23)20-9-3-5-19-6-4-9/h3-8,21H,1-2H3,(H,19,20,23)/t8-/m1/s1. The lowest BCUT2D eigenvalue weighted by Gasteiger charge is -2.16. The fraction of sp³-hybridized carbons (Fsp3) is 0.286. The number of amides is 1. The second-order valence-corrected chi connectivity index (χ2v) is 7.40. The van der Waals surface area contributed by atoms with E-state index in [1.165, 1.54) is 36.3 Å². The highest BCUT2D eigenvalue weighted by Gasteiger charge is 2.40. The maximum absolute atomic E-state index is 12.6. The summed E-state index contributed by atoms with van der Waals surface area (Å²) in [5, 5.41) is 2.00. The molecule has 1 amide bonds. The highest BCUT2D eigenvalue weighted by molar-refractivity contribution is 7.89. The highest BCUT2D eigenvalue weighted by atomic mass is 35.5. The van der Waals surface area contributed by atoms with E-state index in [0.717, 1.165) is 10.8 Å². The Labute approximate surface area is 152 Å². The van der Waals surface area contributed by atoms with Crippen molar-refractivity contribution in [1.29, 1.82) is 0 Å². The first-order valence-electron chi connectivity index (χ1n) is 7.08. The van der Waals surface area contributed by atoms with Crippen LogP contribution in [0.25, 0.3) is 0 Å². The number of carbonyl (C=O) groups excluding carboxylic acids is 1. The van der Waals surface area contributed by atoms with E-state index in [1.54, 1.807) is 0 Å². The summed E-state index contributed by atoms with van der Waals surface area (Å²) in [5.41, 5.74) is 0.166. The molecule has 2 aromatic rings. The van der Waals surface area contributed by atoms with Crippen LogP contribution < -0.4 is 10.0 Å². The van der Waals surface area contributed by atoms with Gasteiger partial charge >= 0.3 is 6.18 Å². The number of nitrogens with zero attached hydrogens (tertiary/aromatic N) is 2. The van der Waals surface area contributed by atoms with Gasteiger partial charge in [0.25, 0.3) is 5.91 Å². The van der Waals surface area contributed by atoms with Gasteiger partial charge < -0.3 is 9.88 Å². The van der Waals surface area contributed by atoms with Gasteiger partial charge in [-0.15, -0.1) is 0 Å². The molecule has 2 rings (SSSR count). The lowest BCUT2D eigenvalue weighted by molar-refractivity contribution is -0.147. The first-order valence-corrected chi connectivity index (χ1v) is 8.95. The number of alkyl halides is 3. The molecule has 0 aromatic carbocycles. The number of pyridine rings is 1. The van der Waals surface area contributed by atoms with Crippen LogP contribution in [0.5, 0.6) is 0 Å². The molecule has 0 saturated heterocycles. The van der Waals surface area contributed by atoms with Crippen molar-refractivity contribution in [3.05, 3.63) is 41.4 Å². The number of hydrogen-bond donors (Lipinski definition) is 2. The minimum atomic E-state index is -4.77. The minimum Gasteiger partial charge on any atom is -0.344 e. The summed E-state index contributed by atoms with van der Waals surface area (Å²) in [6.45, 7) is 0.658. The van der Waals surface area contributed by atoms with E-state index >= 15 is 0 Å². The number of nitrogens with one attached hydrogen (secondary N) is 2. The van der Waals surface area contributed by atoms with Crippen molar-refractivity contribution >= 4 is 33.2 Å². The third-order valence-corrected chi connectivity index (χ3v) is 5.40. The average Bonchev–Trinajstić information content (AvgIpc) is 2.82. The molecular formula is C14H14ClF3N4O3S. The number of aryl methyl sites for hydroxylation is 1. The van der Waals surface area contributed by atoms with E-state index < -0.39 is 38.1 Å². The molecule has 1 atom stereocenters. The zero-order chi connectivity index (χ0) is 19.7. The first-order chi connectivity index (χ1) is 11.9. The van der Waals surface area contributed by atoms with E-state index in [2.05, 4.69) is 10.3 Å². The van der Waals surface area contributed by atoms with Crippen LogP contribution in [0.2, 0.25) is 5.02 Å². The van der Waals surface area contributed by atoms with Crippen LogP contribution in [0.4, 0.5) is 18.9 Å². The van der Waals surface area contributed by atoms with Gasteiger partial charge in [0, 0.05) is 31.3 Å². The quantitative estimate of drug-likeness (QED) is 0.792. The third-order valence-electron chi connectivity index (χ3n) is 3.35. The topological polar surface area (TPSA) is 93.1 Å². The smallest absolute Gasteiger partial charge is 0.344 e. The van der Waals surface area contributed by atoms with Gasteiger partial charge in [0.15, 0.2) is 0 Å². The van der Waals surface area contributed by atoms with Gasteiger partial charge in [-0.1, -0.05) is 11.6 Å². The van der Waals surface area contributed by atoms with Crippen LogP contribution in [0.15, 0.2) is 35.6 Å². The molecule has 26 heavy (non-hydrogen) atoms. The Morgan fingerprint density at radius 1 is 1.31 bits per heavy atom. The summed E-state index contributed by atoms with van der Waals surface area (Å²) in [6, 6.07) is 0.677. The van der Waals surface area contributed by atoms with Crippen LogP contribution in [0.1, 0.15) is 17.4 Å². The summed E-state index contributed by atoms with van der Waals surface area (Å²) >= 11 is 5.98. The molecule has 0 bridgehead atoms. The van der Waals surface area contributed by atoms with Crippen molar-refractivity contribution < 1.29 is 26.4 Å². The third kappa shape index (κ3) is 4.34. The van der Waals surface area contributed by atoms with Gasteiger partial charge in [-0.3, -0.25) is 9.78 Å².